The van der Waals surface area contributed by atoms with Crippen LogP contribution in [0.5, 0.6) is 5.75 Å². The number of anilines is 1. The zero-order valence-electron chi connectivity index (χ0n) is 10.6. The monoisotopic (exact) mass is 277 g/mol. The van der Waals surface area contributed by atoms with Gasteiger partial charge in [-0.3, -0.25) is 0 Å². The summed E-state index contributed by atoms with van der Waals surface area (Å²) in [4.78, 5) is 0. The molecular weight excluding hydrogens is 262 g/mol. The molecule has 0 amide bonds. The molecule has 0 aliphatic rings. The third-order valence-electron chi connectivity index (χ3n) is 2.85. The molecule has 0 aliphatic carbocycles. The number of aliphatic hydroxyl groups is 1. The minimum atomic E-state index is -0.685. The van der Waals surface area contributed by atoms with E-state index < -0.39 is 6.10 Å². The number of benzene rings is 2. The topological polar surface area (TPSA) is 55.5 Å². The fourth-order valence-corrected chi connectivity index (χ4v) is 1.98. The van der Waals surface area contributed by atoms with Crippen molar-refractivity contribution in [3.63, 3.8) is 0 Å². The van der Waals surface area contributed by atoms with Crippen molar-refractivity contribution in [2.75, 3.05) is 12.3 Å². The fourth-order valence-electron chi connectivity index (χ4n) is 1.76. The summed E-state index contributed by atoms with van der Waals surface area (Å²) in [7, 11) is 0. The Morgan fingerprint density at radius 1 is 1.21 bits per heavy atom. The zero-order chi connectivity index (χ0) is 13.8. The lowest BCUT2D eigenvalue weighted by atomic mass is 10.1. The van der Waals surface area contributed by atoms with Crippen LogP contribution in [0.3, 0.4) is 0 Å². The maximum absolute atomic E-state index is 10.0. The van der Waals surface area contributed by atoms with Crippen molar-refractivity contribution in [2.24, 2.45) is 0 Å². The van der Waals surface area contributed by atoms with E-state index in [1.807, 2.05) is 13.0 Å². The highest BCUT2D eigenvalue weighted by Crippen LogP contribution is 2.23. The van der Waals surface area contributed by atoms with E-state index in [-0.39, 0.29) is 6.61 Å². The summed E-state index contributed by atoms with van der Waals surface area (Å²) in [5.41, 5.74) is 7.99. The molecule has 3 nitrogen and oxygen atoms in total. The zero-order valence-corrected chi connectivity index (χ0v) is 11.4. The first-order valence-corrected chi connectivity index (χ1v) is 6.36. The molecule has 4 heteroatoms. The number of hydrogen-bond acceptors (Lipinski definition) is 3. The van der Waals surface area contributed by atoms with Crippen LogP contribution < -0.4 is 10.5 Å². The molecule has 1 unspecified atom stereocenters. The van der Waals surface area contributed by atoms with Crippen LogP contribution in [0.15, 0.2) is 42.5 Å². The van der Waals surface area contributed by atoms with Crippen molar-refractivity contribution in [1.82, 2.24) is 0 Å². The Morgan fingerprint density at radius 2 is 1.89 bits per heavy atom. The maximum Gasteiger partial charge on any atom is 0.122 e. The van der Waals surface area contributed by atoms with Gasteiger partial charge in [0.05, 0.1) is 0 Å². The Morgan fingerprint density at radius 3 is 2.53 bits per heavy atom. The summed E-state index contributed by atoms with van der Waals surface area (Å²) in [5, 5.41) is 10.7. The van der Waals surface area contributed by atoms with Crippen LogP contribution in [0.2, 0.25) is 5.02 Å². The van der Waals surface area contributed by atoms with Crippen LogP contribution in [0.1, 0.15) is 17.2 Å². The molecule has 100 valence electrons. The highest BCUT2D eigenvalue weighted by Gasteiger charge is 2.09. The Kier molecular flexibility index (Phi) is 4.30. The van der Waals surface area contributed by atoms with Gasteiger partial charge in [-0.05, 0) is 48.4 Å². The second kappa shape index (κ2) is 5.95. The second-order valence-corrected chi connectivity index (χ2v) is 4.84. The van der Waals surface area contributed by atoms with Gasteiger partial charge in [0.25, 0.3) is 0 Å². The van der Waals surface area contributed by atoms with E-state index in [9.17, 15) is 5.11 Å². The predicted molar refractivity (Wildman–Crippen MR) is 77.5 cm³/mol. The first kappa shape index (κ1) is 13.7. The van der Waals surface area contributed by atoms with Crippen molar-refractivity contribution in [3.05, 3.63) is 58.6 Å². The Balaban J connectivity index is 2.00. The van der Waals surface area contributed by atoms with Gasteiger partial charge in [-0.2, -0.15) is 0 Å². The molecule has 0 saturated heterocycles. The molecule has 1 atom stereocenters. The SMILES string of the molecule is Cc1cc(Cl)ccc1OCC(O)c1ccc(N)cc1. The van der Waals surface area contributed by atoms with E-state index in [1.54, 1.807) is 36.4 Å². The highest BCUT2D eigenvalue weighted by atomic mass is 35.5. The van der Waals surface area contributed by atoms with Gasteiger partial charge in [0.1, 0.15) is 18.5 Å². The molecule has 0 heterocycles. The number of aryl methyl sites for hydroxylation is 1. The standard InChI is InChI=1S/C15H16ClNO2/c1-10-8-12(16)4-7-15(10)19-9-14(18)11-2-5-13(17)6-3-11/h2-8,14,18H,9,17H2,1H3. The number of rotatable bonds is 4. The number of nitrogen functional groups attached to an aromatic ring is 1. The van der Waals surface area contributed by atoms with Crippen LogP contribution in [0.4, 0.5) is 5.69 Å². The molecule has 3 N–H and O–H groups in total. The minimum absolute atomic E-state index is 0.187. The summed E-state index contributed by atoms with van der Waals surface area (Å²) in [6.07, 6.45) is -0.685. The molecule has 19 heavy (non-hydrogen) atoms. The summed E-state index contributed by atoms with van der Waals surface area (Å²) in [6.45, 7) is 2.10. The number of ether oxygens (including phenoxy) is 1. The average Bonchev–Trinajstić information content (AvgIpc) is 2.38. The van der Waals surface area contributed by atoms with Gasteiger partial charge in [-0.25, -0.2) is 0 Å². The molecule has 0 saturated carbocycles. The number of halogens is 1. The van der Waals surface area contributed by atoms with Crippen molar-refractivity contribution in [1.29, 1.82) is 0 Å². The van der Waals surface area contributed by atoms with Crippen LogP contribution in [-0.4, -0.2) is 11.7 Å². The lowest BCUT2D eigenvalue weighted by Crippen LogP contribution is -2.10. The van der Waals surface area contributed by atoms with E-state index in [4.69, 9.17) is 22.1 Å². The summed E-state index contributed by atoms with van der Waals surface area (Å²) < 4.78 is 5.60. The predicted octanol–water partition coefficient (Wildman–Crippen LogP) is 3.34. The highest BCUT2D eigenvalue weighted by molar-refractivity contribution is 6.30. The number of aliphatic hydroxyl groups excluding tert-OH is 1. The third kappa shape index (κ3) is 3.63. The molecule has 0 aromatic heterocycles. The van der Waals surface area contributed by atoms with Gasteiger partial charge in [-0.15, -0.1) is 0 Å². The van der Waals surface area contributed by atoms with Crippen molar-refractivity contribution in [2.45, 2.75) is 13.0 Å². The van der Waals surface area contributed by atoms with Crippen molar-refractivity contribution >= 4 is 17.3 Å². The van der Waals surface area contributed by atoms with Crippen LogP contribution in [-0.2, 0) is 0 Å². The van der Waals surface area contributed by atoms with Gasteiger partial charge < -0.3 is 15.6 Å². The maximum atomic E-state index is 10.0. The first-order valence-electron chi connectivity index (χ1n) is 5.98. The van der Waals surface area contributed by atoms with E-state index in [2.05, 4.69) is 0 Å². The Labute approximate surface area is 117 Å². The molecule has 0 radical (unpaired) electrons. The fraction of sp³-hybridized carbons (Fsp3) is 0.200. The molecule has 0 bridgehead atoms. The third-order valence-corrected chi connectivity index (χ3v) is 3.09. The molecule has 0 aliphatic heterocycles. The minimum Gasteiger partial charge on any atom is -0.490 e. The van der Waals surface area contributed by atoms with Gasteiger partial charge in [0.2, 0.25) is 0 Å². The quantitative estimate of drug-likeness (QED) is 0.843. The molecule has 2 aromatic rings. The molecule has 0 fully saturated rings. The van der Waals surface area contributed by atoms with Crippen LogP contribution >= 0.6 is 11.6 Å². The molecular formula is C15H16ClNO2. The van der Waals surface area contributed by atoms with Crippen LogP contribution in [0, 0.1) is 6.92 Å². The molecule has 2 rings (SSSR count). The van der Waals surface area contributed by atoms with Crippen molar-refractivity contribution in [3.8, 4) is 5.75 Å². The number of nitrogens with two attached hydrogens (primary N) is 1. The smallest absolute Gasteiger partial charge is 0.122 e. The Hall–Kier alpha value is -1.71. The van der Waals surface area contributed by atoms with E-state index in [0.717, 1.165) is 16.9 Å². The summed E-state index contributed by atoms with van der Waals surface area (Å²) >= 11 is 5.87. The van der Waals surface area contributed by atoms with Crippen LogP contribution in [0.25, 0.3) is 0 Å². The van der Waals surface area contributed by atoms with E-state index in [1.165, 1.54) is 0 Å². The summed E-state index contributed by atoms with van der Waals surface area (Å²) in [6, 6.07) is 12.5. The van der Waals surface area contributed by atoms with Gasteiger partial charge >= 0.3 is 0 Å². The second-order valence-electron chi connectivity index (χ2n) is 4.40. The Bertz CT molecular complexity index is 555. The normalized spacial score (nSPS) is 12.2. The van der Waals surface area contributed by atoms with Crippen molar-refractivity contribution < 1.29 is 9.84 Å². The van der Waals surface area contributed by atoms with E-state index >= 15 is 0 Å². The van der Waals surface area contributed by atoms with E-state index in [0.29, 0.717) is 10.7 Å². The summed E-state index contributed by atoms with van der Waals surface area (Å²) in [5.74, 6) is 0.721. The molecule has 0 spiro atoms. The lowest BCUT2D eigenvalue weighted by Gasteiger charge is -2.14. The average molecular weight is 278 g/mol. The molecule has 2 aromatic carbocycles. The number of hydrogen-bond donors (Lipinski definition) is 2. The van der Waals surface area contributed by atoms with Gasteiger partial charge in [-0.1, -0.05) is 23.7 Å². The lowest BCUT2D eigenvalue weighted by molar-refractivity contribution is 0.108. The largest absolute Gasteiger partial charge is 0.490 e. The van der Waals surface area contributed by atoms with Gasteiger partial charge in [0.15, 0.2) is 0 Å². The first-order chi connectivity index (χ1) is 9.06. The van der Waals surface area contributed by atoms with Gasteiger partial charge in [0, 0.05) is 10.7 Å².